The molecule has 1 aliphatic carbocycles. The molecule has 0 radical (unpaired) electrons. The summed E-state index contributed by atoms with van der Waals surface area (Å²) in [5, 5.41) is 5.55. The lowest BCUT2D eigenvalue weighted by Gasteiger charge is -2.38. The normalized spacial score (nSPS) is 22.8. The van der Waals surface area contributed by atoms with Crippen LogP contribution in [-0.2, 0) is 9.59 Å². The Balaban J connectivity index is 1.93. The number of hydrogen-bond donors (Lipinski definition) is 1. The maximum atomic E-state index is 13.5. The molecular weight excluding hydrogens is 380 g/mol. The van der Waals surface area contributed by atoms with Crippen LogP contribution in [-0.4, -0.2) is 11.7 Å². The molecule has 0 saturated heterocycles. The van der Waals surface area contributed by atoms with E-state index in [0.29, 0.717) is 12.8 Å². The molecule has 2 atom stereocenters. The van der Waals surface area contributed by atoms with E-state index in [1.54, 1.807) is 11.3 Å². The van der Waals surface area contributed by atoms with Crippen molar-refractivity contribution in [2.75, 3.05) is 10.2 Å². The summed E-state index contributed by atoms with van der Waals surface area (Å²) in [6.07, 6.45) is 4.97. The molecule has 4 rings (SSSR count). The standard InChI is InChI=1S/C24H28N2O2S/c1-4-5-12-21(28)26-18-10-7-6-9-16(18)25-17-14-24(2,3)15-19(27)22(17)23(26)20-11-8-13-29-20/h6-11,13-14,22-23,25H,4-5,12,15H2,1-3H3/t22-,23+/m0/s1. The zero-order chi connectivity index (χ0) is 20.6. The molecule has 2 heterocycles. The number of allylic oxidation sites excluding steroid dienone is 1. The predicted octanol–water partition coefficient (Wildman–Crippen LogP) is 5.94. The Kier molecular flexibility index (Phi) is 5.34. The average molecular weight is 409 g/mol. The van der Waals surface area contributed by atoms with Crippen LogP contribution in [0.5, 0.6) is 0 Å². The molecule has 0 fully saturated rings. The molecule has 1 N–H and O–H groups in total. The number of fused-ring (bicyclic) bond motifs is 2. The van der Waals surface area contributed by atoms with Gasteiger partial charge in [-0.1, -0.05) is 51.5 Å². The van der Waals surface area contributed by atoms with Crippen molar-refractivity contribution in [3.63, 3.8) is 0 Å². The van der Waals surface area contributed by atoms with Gasteiger partial charge in [-0.05, 0) is 35.4 Å². The van der Waals surface area contributed by atoms with Gasteiger partial charge in [-0.25, -0.2) is 0 Å². The van der Waals surface area contributed by atoms with Crippen LogP contribution >= 0.6 is 11.3 Å². The van der Waals surface area contributed by atoms with Gasteiger partial charge in [0.05, 0.1) is 23.3 Å². The highest BCUT2D eigenvalue weighted by Crippen LogP contribution is 2.49. The Bertz CT molecular complexity index is 946. The minimum atomic E-state index is -0.375. The SMILES string of the molecule is CCCCC(=O)N1c2ccccc2NC2=CC(C)(C)CC(=O)[C@H]2[C@H]1c1cccs1. The van der Waals surface area contributed by atoms with Crippen LogP contribution in [0, 0.1) is 11.3 Å². The number of benzene rings is 1. The second kappa shape index (κ2) is 7.79. The summed E-state index contributed by atoms with van der Waals surface area (Å²) in [6, 6.07) is 11.6. The third-order valence-electron chi connectivity index (χ3n) is 5.74. The van der Waals surface area contributed by atoms with Crippen molar-refractivity contribution in [1.29, 1.82) is 0 Å². The number of carbonyl (C=O) groups excluding carboxylic acids is 2. The van der Waals surface area contributed by atoms with Gasteiger partial charge in [0.1, 0.15) is 5.78 Å². The smallest absolute Gasteiger partial charge is 0.227 e. The largest absolute Gasteiger partial charge is 0.357 e. The number of Topliss-reactive ketones (excluding diaryl/α,β-unsaturated/α-hetero) is 1. The molecule has 1 amide bonds. The lowest BCUT2D eigenvalue weighted by atomic mass is 9.73. The summed E-state index contributed by atoms with van der Waals surface area (Å²) in [6.45, 7) is 6.28. The van der Waals surface area contributed by atoms with Crippen molar-refractivity contribution < 1.29 is 9.59 Å². The van der Waals surface area contributed by atoms with Crippen LogP contribution in [0.25, 0.3) is 0 Å². The van der Waals surface area contributed by atoms with Crippen LogP contribution < -0.4 is 10.2 Å². The summed E-state index contributed by atoms with van der Waals surface area (Å²) in [5.41, 5.74) is 2.46. The molecule has 4 nitrogen and oxygen atoms in total. The number of unbranched alkanes of at least 4 members (excludes halogenated alkanes) is 1. The van der Waals surface area contributed by atoms with E-state index in [0.717, 1.165) is 34.8 Å². The number of amides is 1. The van der Waals surface area contributed by atoms with Crippen LogP contribution in [0.4, 0.5) is 11.4 Å². The highest BCUT2D eigenvalue weighted by Gasteiger charge is 2.46. The van der Waals surface area contributed by atoms with E-state index in [4.69, 9.17) is 0 Å². The second-order valence-electron chi connectivity index (χ2n) is 8.68. The van der Waals surface area contributed by atoms with Gasteiger partial charge in [0.15, 0.2) is 0 Å². The van der Waals surface area contributed by atoms with Gasteiger partial charge in [0, 0.05) is 23.4 Å². The maximum absolute atomic E-state index is 13.5. The monoisotopic (exact) mass is 408 g/mol. The van der Waals surface area contributed by atoms with Crippen molar-refractivity contribution in [3.8, 4) is 0 Å². The fourth-order valence-electron chi connectivity index (χ4n) is 4.49. The number of hydrogen-bond acceptors (Lipinski definition) is 4. The van der Waals surface area contributed by atoms with Gasteiger partial charge >= 0.3 is 0 Å². The van der Waals surface area contributed by atoms with E-state index in [1.165, 1.54) is 0 Å². The number of ketones is 1. The van der Waals surface area contributed by atoms with E-state index in [2.05, 4.69) is 32.2 Å². The molecule has 2 aromatic rings. The topological polar surface area (TPSA) is 49.4 Å². The van der Waals surface area contributed by atoms with E-state index in [1.807, 2.05) is 46.7 Å². The summed E-state index contributed by atoms with van der Waals surface area (Å²) >= 11 is 1.61. The van der Waals surface area contributed by atoms with Crippen molar-refractivity contribution in [2.24, 2.45) is 11.3 Å². The summed E-state index contributed by atoms with van der Waals surface area (Å²) in [4.78, 5) is 29.8. The first-order valence-electron chi connectivity index (χ1n) is 10.4. The Morgan fingerprint density at radius 2 is 2.03 bits per heavy atom. The van der Waals surface area contributed by atoms with Crippen LogP contribution in [0.1, 0.15) is 57.4 Å². The molecule has 0 bridgehead atoms. The Hall–Kier alpha value is -2.40. The minimum Gasteiger partial charge on any atom is -0.357 e. The third-order valence-corrected chi connectivity index (χ3v) is 6.69. The zero-order valence-corrected chi connectivity index (χ0v) is 18.1. The molecular formula is C24H28N2O2S. The molecule has 1 aromatic heterocycles. The molecule has 1 aliphatic heterocycles. The predicted molar refractivity (Wildman–Crippen MR) is 119 cm³/mol. The maximum Gasteiger partial charge on any atom is 0.227 e. The van der Waals surface area contributed by atoms with Gasteiger partial charge in [-0.3, -0.25) is 9.59 Å². The van der Waals surface area contributed by atoms with Gasteiger partial charge in [-0.15, -0.1) is 11.3 Å². The number of para-hydroxylation sites is 2. The van der Waals surface area contributed by atoms with Gasteiger partial charge in [0.2, 0.25) is 5.91 Å². The van der Waals surface area contributed by atoms with Crippen LogP contribution in [0.2, 0.25) is 0 Å². The number of carbonyl (C=O) groups is 2. The summed E-state index contributed by atoms with van der Waals surface area (Å²) < 4.78 is 0. The minimum absolute atomic E-state index is 0.0818. The molecule has 0 saturated carbocycles. The van der Waals surface area contributed by atoms with Crippen molar-refractivity contribution >= 4 is 34.4 Å². The van der Waals surface area contributed by atoms with E-state index in [-0.39, 0.29) is 29.1 Å². The van der Waals surface area contributed by atoms with Crippen molar-refractivity contribution in [2.45, 2.75) is 52.5 Å². The summed E-state index contributed by atoms with van der Waals surface area (Å²) in [7, 11) is 0. The Labute approximate surface area is 176 Å². The molecule has 5 heteroatoms. The van der Waals surface area contributed by atoms with E-state index >= 15 is 0 Å². The number of nitrogens with zero attached hydrogens (tertiary/aromatic N) is 1. The average Bonchev–Trinajstić information content (AvgIpc) is 3.15. The fourth-order valence-corrected chi connectivity index (χ4v) is 5.34. The first-order chi connectivity index (χ1) is 13.9. The van der Waals surface area contributed by atoms with E-state index in [9.17, 15) is 9.59 Å². The lowest BCUT2D eigenvalue weighted by Crippen LogP contribution is -2.43. The number of thiophene rings is 1. The van der Waals surface area contributed by atoms with Crippen LogP contribution in [0.3, 0.4) is 0 Å². The number of nitrogens with one attached hydrogen (secondary N) is 1. The van der Waals surface area contributed by atoms with Crippen LogP contribution in [0.15, 0.2) is 53.6 Å². The summed E-state index contributed by atoms with van der Waals surface area (Å²) in [5.74, 6) is -0.0995. The molecule has 0 unspecified atom stereocenters. The quantitative estimate of drug-likeness (QED) is 0.681. The number of rotatable bonds is 4. The first kappa shape index (κ1) is 19.9. The van der Waals surface area contributed by atoms with Gasteiger partial charge < -0.3 is 10.2 Å². The highest BCUT2D eigenvalue weighted by molar-refractivity contribution is 7.10. The molecule has 152 valence electrons. The Morgan fingerprint density at radius 3 is 2.76 bits per heavy atom. The molecule has 29 heavy (non-hydrogen) atoms. The van der Waals surface area contributed by atoms with Gasteiger partial charge in [-0.2, -0.15) is 0 Å². The fraction of sp³-hybridized carbons (Fsp3) is 0.417. The number of anilines is 2. The first-order valence-corrected chi connectivity index (χ1v) is 11.3. The molecule has 1 aromatic carbocycles. The lowest BCUT2D eigenvalue weighted by molar-refractivity contribution is -0.125. The van der Waals surface area contributed by atoms with Crippen molar-refractivity contribution in [3.05, 3.63) is 58.4 Å². The van der Waals surface area contributed by atoms with Crippen molar-refractivity contribution in [1.82, 2.24) is 0 Å². The highest BCUT2D eigenvalue weighted by atomic mass is 32.1. The zero-order valence-electron chi connectivity index (χ0n) is 17.3. The second-order valence-corrected chi connectivity index (χ2v) is 9.66. The molecule has 0 spiro atoms. The third kappa shape index (κ3) is 3.76. The Morgan fingerprint density at radius 1 is 1.24 bits per heavy atom. The molecule has 2 aliphatic rings. The van der Waals surface area contributed by atoms with E-state index < -0.39 is 0 Å². The van der Waals surface area contributed by atoms with Gasteiger partial charge in [0.25, 0.3) is 0 Å².